The van der Waals surface area contributed by atoms with Gasteiger partial charge in [0, 0.05) is 44.1 Å². The lowest BCUT2D eigenvalue weighted by Gasteiger charge is -2.28. The molecule has 0 N–H and O–H groups in total. The van der Waals surface area contributed by atoms with Crippen LogP contribution < -0.4 is 4.74 Å². The lowest BCUT2D eigenvalue weighted by molar-refractivity contribution is 0.115. The van der Waals surface area contributed by atoms with E-state index in [9.17, 15) is 0 Å². The van der Waals surface area contributed by atoms with Gasteiger partial charge in [0.1, 0.15) is 18.1 Å². The van der Waals surface area contributed by atoms with E-state index in [4.69, 9.17) is 9.26 Å². The van der Waals surface area contributed by atoms with Crippen LogP contribution in [0.3, 0.4) is 0 Å². The molecule has 1 atom stereocenters. The Balaban J connectivity index is 1.50. The molecule has 1 aliphatic heterocycles. The third kappa shape index (κ3) is 3.71. The Bertz CT molecular complexity index is 814. The summed E-state index contributed by atoms with van der Waals surface area (Å²) in [6.07, 6.45) is 6.32. The van der Waals surface area contributed by atoms with Crippen molar-refractivity contribution >= 4 is 0 Å². The van der Waals surface area contributed by atoms with E-state index in [1.165, 1.54) is 5.69 Å². The second-order valence-electron chi connectivity index (χ2n) is 6.32. The summed E-state index contributed by atoms with van der Waals surface area (Å²) in [5.41, 5.74) is 2.15. The monoisotopic (exact) mass is 339 g/mol. The molecule has 4 heterocycles. The standard InChI is InChI=1S/C18H21N5O2/c1-14-9-15(21-25-14)11-22-12-16-4-7-20-23(16)8-5-17(22)13-24-18-3-2-6-19-10-18/h2-4,6-7,9-10,17H,5,8,11-13H2,1H3. The Morgan fingerprint density at radius 2 is 2.28 bits per heavy atom. The molecule has 0 aromatic carbocycles. The molecule has 3 aromatic heterocycles. The largest absolute Gasteiger partial charge is 0.490 e. The van der Waals surface area contributed by atoms with E-state index in [1.54, 1.807) is 12.4 Å². The smallest absolute Gasteiger partial charge is 0.137 e. The van der Waals surface area contributed by atoms with Crippen LogP contribution in [0.25, 0.3) is 0 Å². The molecule has 7 heteroatoms. The van der Waals surface area contributed by atoms with Crippen LogP contribution in [0.4, 0.5) is 0 Å². The summed E-state index contributed by atoms with van der Waals surface area (Å²) in [6, 6.07) is 8.14. The van der Waals surface area contributed by atoms with Crippen molar-refractivity contribution in [2.24, 2.45) is 0 Å². The van der Waals surface area contributed by atoms with E-state index >= 15 is 0 Å². The van der Waals surface area contributed by atoms with Gasteiger partial charge in [0.15, 0.2) is 0 Å². The Morgan fingerprint density at radius 3 is 3.08 bits per heavy atom. The minimum Gasteiger partial charge on any atom is -0.490 e. The average molecular weight is 339 g/mol. The van der Waals surface area contributed by atoms with Gasteiger partial charge < -0.3 is 9.26 Å². The van der Waals surface area contributed by atoms with Gasteiger partial charge in [-0.05, 0) is 31.5 Å². The van der Waals surface area contributed by atoms with Gasteiger partial charge in [0.05, 0.1) is 17.6 Å². The number of fused-ring (bicyclic) bond motifs is 1. The number of ether oxygens (including phenoxy) is 1. The first kappa shape index (κ1) is 15.8. The van der Waals surface area contributed by atoms with E-state index in [0.29, 0.717) is 6.61 Å². The molecule has 1 unspecified atom stereocenters. The van der Waals surface area contributed by atoms with E-state index in [2.05, 4.69) is 30.9 Å². The Labute approximate surface area is 146 Å². The second kappa shape index (κ2) is 7.06. The molecule has 3 aromatic rings. The van der Waals surface area contributed by atoms with Crippen LogP contribution in [0.1, 0.15) is 23.6 Å². The molecule has 0 radical (unpaired) electrons. The first-order valence-corrected chi connectivity index (χ1v) is 8.48. The molecule has 0 saturated heterocycles. The number of aryl methyl sites for hydroxylation is 2. The molecule has 0 spiro atoms. The third-order valence-corrected chi connectivity index (χ3v) is 4.48. The minimum absolute atomic E-state index is 0.263. The van der Waals surface area contributed by atoms with Gasteiger partial charge in [-0.3, -0.25) is 14.6 Å². The zero-order valence-corrected chi connectivity index (χ0v) is 14.2. The van der Waals surface area contributed by atoms with Gasteiger partial charge >= 0.3 is 0 Å². The molecular weight excluding hydrogens is 318 g/mol. The third-order valence-electron chi connectivity index (χ3n) is 4.48. The highest BCUT2D eigenvalue weighted by Gasteiger charge is 2.25. The van der Waals surface area contributed by atoms with Crippen molar-refractivity contribution in [3.63, 3.8) is 0 Å². The summed E-state index contributed by atoms with van der Waals surface area (Å²) in [6.45, 7) is 4.94. The maximum atomic E-state index is 5.97. The molecule has 0 aliphatic carbocycles. The highest BCUT2D eigenvalue weighted by molar-refractivity contribution is 5.15. The molecule has 4 rings (SSSR count). The molecule has 7 nitrogen and oxygen atoms in total. The van der Waals surface area contributed by atoms with Crippen LogP contribution in [0.2, 0.25) is 0 Å². The number of hydrogen-bond acceptors (Lipinski definition) is 6. The second-order valence-corrected chi connectivity index (χ2v) is 6.32. The van der Waals surface area contributed by atoms with Crippen LogP contribution >= 0.6 is 0 Å². The normalized spacial score (nSPS) is 17.9. The van der Waals surface area contributed by atoms with Crippen LogP contribution in [-0.2, 0) is 19.6 Å². The van der Waals surface area contributed by atoms with Gasteiger partial charge in [-0.1, -0.05) is 5.16 Å². The number of hydrogen-bond donors (Lipinski definition) is 0. The van der Waals surface area contributed by atoms with Crippen molar-refractivity contribution < 1.29 is 9.26 Å². The summed E-state index contributed by atoms with van der Waals surface area (Å²) in [4.78, 5) is 6.49. The first-order chi connectivity index (χ1) is 12.3. The van der Waals surface area contributed by atoms with Gasteiger partial charge in [-0.25, -0.2) is 0 Å². The molecule has 1 aliphatic rings. The van der Waals surface area contributed by atoms with Gasteiger partial charge in [0.2, 0.25) is 0 Å². The van der Waals surface area contributed by atoms with Crippen molar-refractivity contribution in [1.82, 2.24) is 24.8 Å². The van der Waals surface area contributed by atoms with Crippen molar-refractivity contribution in [1.29, 1.82) is 0 Å². The molecular formula is C18H21N5O2. The molecule has 25 heavy (non-hydrogen) atoms. The molecule has 0 amide bonds. The summed E-state index contributed by atoms with van der Waals surface area (Å²) in [5, 5.41) is 8.57. The fourth-order valence-corrected chi connectivity index (χ4v) is 3.19. The molecule has 0 saturated carbocycles. The molecule has 130 valence electrons. The maximum Gasteiger partial charge on any atom is 0.137 e. The fraction of sp³-hybridized carbons (Fsp3) is 0.389. The average Bonchev–Trinajstić information content (AvgIpc) is 3.21. The minimum atomic E-state index is 0.263. The predicted octanol–water partition coefficient (Wildman–Crippen LogP) is 2.43. The maximum absolute atomic E-state index is 5.97. The van der Waals surface area contributed by atoms with Crippen LogP contribution in [-0.4, -0.2) is 37.5 Å². The number of rotatable bonds is 5. The topological polar surface area (TPSA) is 69.2 Å². The SMILES string of the molecule is Cc1cc(CN2Cc3ccnn3CCC2COc2cccnc2)no1. The summed E-state index contributed by atoms with van der Waals surface area (Å²) in [7, 11) is 0. The van der Waals surface area contributed by atoms with Crippen LogP contribution in [0.15, 0.2) is 47.4 Å². The Kier molecular flexibility index (Phi) is 4.47. The summed E-state index contributed by atoms with van der Waals surface area (Å²) in [5.74, 6) is 1.62. The van der Waals surface area contributed by atoms with Gasteiger partial charge in [-0.2, -0.15) is 5.10 Å². The van der Waals surface area contributed by atoms with Crippen molar-refractivity contribution in [3.8, 4) is 5.75 Å². The summed E-state index contributed by atoms with van der Waals surface area (Å²) >= 11 is 0. The number of pyridine rings is 1. The van der Waals surface area contributed by atoms with Crippen LogP contribution in [0, 0.1) is 6.92 Å². The fourth-order valence-electron chi connectivity index (χ4n) is 3.19. The van der Waals surface area contributed by atoms with Crippen molar-refractivity contribution in [2.45, 2.75) is 39.0 Å². The lowest BCUT2D eigenvalue weighted by atomic mass is 10.1. The highest BCUT2D eigenvalue weighted by Crippen LogP contribution is 2.21. The zero-order chi connectivity index (χ0) is 17.1. The van der Waals surface area contributed by atoms with Gasteiger partial charge in [0.25, 0.3) is 0 Å². The first-order valence-electron chi connectivity index (χ1n) is 8.48. The quantitative estimate of drug-likeness (QED) is 0.711. The summed E-state index contributed by atoms with van der Waals surface area (Å²) < 4.78 is 13.3. The van der Waals surface area contributed by atoms with E-state index in [-0.39, 0.29) is 6.04 Å². The van der Waals surface area contributed by atoms with Gasteiger partial charge in [-0.15, -0.1) is 0 Å². The highest BCUT2D eigenvalue weighted by atomic mass is 16.5. The Hall–Kier alpha value is -2.67. The van der Waals surface area contributed by atoms with Crippen molar-refractivity contribution in [2.75, 3.05) is 6.61 Å². The number of nitrogens with zero attached hydrogens (tertiary/aromatic N) is 5. The van der Waals surface area contributed by atoms with E-state index in [1.807, 2.05) is 31.3 Å². The number of aromatic nitrogens is 4. The predicted molar refractivity (Wildman–Crippen MR) is 90.9 cm³/mol. The molecule has 0 bridgehead atoms. The lowest BCUT2D eigenvalue weighted by Crippen LogP contribution is -2.38. The Morgan fingerprint density at radius 1 is 1.32 bits per heavy atom. The van der Waals surface area contributed by atoms with Crippen LogP contribution in [0.5, 0.6) is 5.75 Å². The zero-order valence-electron chi connectivity index (χ0n) is 14.2. The van der Waals surface area contributed by atoms with E-state index < -0.39 is 0 Å². The van der Waals surface area contributed by atoms with Crippen molar-refractivity contribution in [3.05, 3.63) is 60.0 Å². The van der Waals surface area contributed by atoms with E-state index in [0.717, 1.165) is 43.3 Å². The molecule has 0 fully saturated rings.